The van der Waals surface area contributed by atoms with Gasteiger partial charge in [-0.25, -0.2) is 0 Å². The lowest BCUT2D eigenvalue weighted by Gasteiger charge is -2.34. The Morgan fingerprint density at radius 1 is 0.789 bits per heavy atom. The third kappa shape index (κ3) is 11.1. The summed E-state index contributed by atoms with van der Waals surface area (Å²) >= 11 is 0. The number of hydrogen-bond donors (Lipinski definition) is 2. The molecule has 2 nitrogen and oxygen atoms in total. The molecule has 1 unspecified atom stereocenters. The first kappa shape index (κ1) is 36.1. The first-order valence-electron chi connectivity index (χ1n) is 14.8. The Labute approximate surface area is 238 Å². The molecule has 0 saturated heterocycles. The van der Waals surface area contributed by atoms with Crippen LogP contribution < -0.4 is 0 Å². The molecule has 2 aromatic rings. The zero-order valence-corrected chi connectivity index (χ0v) is 26.9. The predicted molar refractivity (Wildman–Crippen MR) is 172 cm³/mol. The lowest BCUT2D eigenvalue weighted by molar-refractivity contribution is 0.0327. The molecule has 0 amide bonds. The third-order valence-corrected chi connectivity index (χ3v) is 8.41. The maximum absolute atomic E-state index is 9.09. The summed E-state index contributed by atoms with van der Waals surface area (Å²) < 4.78 is 0. The van der Waals surface area contributed by atoms with Crippen molar-refractivity contribution in [2.24, 2.45) is 11.8 Å². The number of aryl methyl sites for hydroxylation is 3. The van der Waals surface area contributed by atoms with Crippen LogP contribution >= 0.6 is 0 Å². The molecule has 38 heavy (non-hydrogen) atoms. The first-order chi connectivity index (χ1) is 17.8. The Morgan fingerprint density at radius 3 is 1.71 bits per heavy atom. The van der Waals surface area contributed by atoms with Crippen LogP contribution in [0.5, 0.6) is 0 Å². The van der Waals surface area contributed by atoms with Crippen LogP contribution in [0.4, 0.5) is 0 Å². The van der Waals surface area contributed by atoms with E-state index in [1.165, 1.54) is 59.1 Å². The fraction of sp³-hybridized carbons (Fsp3) is 0.611. The van der Waals surface area contributed by atoms with Gasteiger partial charge in [0.05, 0.1) is 5.60 Å². The normalized spacial score (nSPS) is 12.6. The molecule has 2 rings (SSSR count). The van der Waals surface area contributed by atoms with Crippen molar-refractivity contribution in [3.63, 3.8) is 0 Å². The van der Waals surface area contributed by atoms with Crippen LogP contribution in [-0.2, 0) is 5.41 Å². The number of aliphatic hydroxyl groups excluding tert-OH is 1. The first-order valence-corrected chi connectivity index (χ1v) is 14.8. The van der Waals surface area contributed by atoms with Crippen molar-refractivity contribution < 1.29 is 11.6 Å². The number of hydrogen-bond acceptors (Lipinski definition) is 2. The quantitative estimate of drug-likeness (QED) is 0.306. The molecule has 0 radical (unpaired) electrons. The highest BCUT2D eigenvalue weighted by Gasteiger charge is 2.31. The second-order valence-corrected chi connectivity index (χ2v) is 11.8. The summed E-state index contributed by atoms with van der Waals surface area (Å²) in [6, 6.07) is 14.2. The van der Waals surface area contributed by atoms with Gasteiger partial charge in [0, 0.05) is 14.0 Å². The summed E-state index contributed by atoms with van der Waals surface area (Å²) in [5, 5.41) is 16.1. The molecule has 0 bridgehead atoms. The summed E-state index contributed by atoms with van der Waals surface area (Å²) in [4.78, 5) is 0. The summed E-state index contributed by atoms with van der Waals surface area (Å²) in [5.41, 5.74) is 8.02. The monoisotopic (exact) mass is 526 g/mol. The van der Waals surface area contributed by atoms with E-state index in [1.54, 1.807) is 0 Å². The smallest absolute Gasteiger partial charge is 0.0614 e. The average Bonchev–Trinajstić information content (AvgIpc) is 2.87. The number of rotatable bonds is 11. The fourth-order valence-electron chi connectivity index (χ4n) is 4.66. The molecule has 0 heterocycles. The van der Waals surface area contributed by atoms with Gasteiger partial charge in [0.15, 0.2) is 0 Å². The van der Waals surface area contributed by atoms with E-state index in [2.05, 4.69) is 97.0 Å². The molecule has 0 aliphatic rings. The van der Waals surface area contributed by atoms with Crippen molar-refractivity contribution in [1.29, 1.82) is 0 Å². The lowest BCUT2D eigenvalue weighted by Crippen LogP contribution is -2.26. The minimum Gasteiger partial charge on any atom is -0.400 e. The zero-order chi connectivity index (χ0) is 29.5. The van der Waals surface area contributed by atoms with Gasteiger partial charge in [-0.05, 0) is 106 Å². The largest absolute Gasteiger partial charge is 0.400 e. The van der Waals surface area contributed by atoms with Gasteiger partial charge in [-0.15, -0.1) is 0 Å². The molecule has 0 aliphatic heterocycles. The summed E-state index contributed by atoms with van der Waals surface area (Å²) in [5.74, 6) is 1.19. The van der Waals surface area contributed by atoms with E-state index in [-0.39, 0.29) is 6.84 Å². The standard InChI is InChI=1S/C29H42.C6H14O.CH4O.H2/c1-8-13-22(4)14-11-12-15-26-17-19-28(21-25(26)7)29(9-2,10-3)27-18-16-23(5)24(6)20-27;1-5(2)6(3,4)7;1-2;/h12,15-22H,8-11,13-14H2,1-7H3;5,7H,1-4H3;2H,1H3;1H/b15-12+;;;. The second-order valence-electron chi connectivity index (χ2n) is 11.8. The van der Waals surface area contributed by atoms with E-state index in [1.807, 2.05) is 27.7 Å². The van der Waals surface area contributed by atoms with Crippen LogP contribution in [0.15, 0.2) is 42.5 Å². The van der Waals surface area contributed by atoms with Gasteiger partial charge < -0.3 is 10.2 Å². The number of allylic oxidation sites excluding steroid dienone is 1. The summed E-state index contributed by atoms with van der Waals surface area (Å²) in [7, 11) is 1.00. The Kier molecular flexibility index (Phi) is 16.8. The molecule has 0 aliphatic carbocycles. The van der Waals surface area contributed by atoms with Gasteiger partial charge in [-0.1, -0.05) is 103 Å². The highest BCUT2D eigenvalue weighted by Crippen LogP contribution is 2.40. The molecule has 2 heteroatoms. The molecule has 0 spiro atoms. The van der Waals surface area contributed by atoms with E-state index < -0.39 is 5.60 Å². The van der Waals surface area contributed by atoms with Crippen LogP contribution in [-0.4, -0.2) is 22.9 Å². The van der Waals surface area contributed by atoms with Crippen LogP contribution in [0.3, 0.4) is 0 Å². The van der Waals surface area contributed by atoms with Gasteiger partial charge >= 0.3 is 0 Å². The SMILES string of the molecule is CC(C)C(C)(C)O.CCCC(C)CC/C=C/c1ccc(C(CC)(CC)c2ccc(C)c(C)c2)cc1C.CO.[HH]. The minimum absolute atomic E-state index is 0. The Balaban J connectivity index is 0. The van der Waals surface area contributed by atoms with Crippen molar-refractivity contribution in [2.45, 2.75) is 126 Å². The lowest BCUT2D eigenvalue weighted by atomic mass is 9.69. The maximum Gasteiger partial charge on any atom is 0.0614 e. The van der Waals surface area contributed by atoms with Gasteiger partial charge in [0.25, 0.3) is 0 Å². The molecular weight excluding hydrogens is 464 g/mol. The van der Waals surface area contributed by atoms with Gasteiger partial charge in [0.2, 0.25) is 0 Å². The molecule has 2 N–H and O–H groups in total. The van der Waals surface area contributed by atoms with Crippen molar-refractivity contribution in [2.75, 3.05) is 7.11 Å². The van der Waals surface area contributed by atoms with E-state index >= 15 is 0 Å². The molecule has 1 atom stereocenters. The van der Waals surface area contributed by atoms with Crippen molar-refractivity contribution >= 4 is 6.08 Å². The molecule has 0 saturated carbocycles. The van der Waals surface area contributed by atoms with Gasteiger partial charge in [0.1, 0.15) is 0 Å². The Hall–Kier alpha value is -1.90. The molecule has 218 valence electrons. The number of aliphatic hydroxyl groups is 2. The van der Waals surface area contributed by atoms with Crippen LogP contribution in [0.1, 0.15) is 129 Å². The van der Waals surface area contributed by atoms with Crippen LogP contribution in [0, 0.1) is 32.6 Å². The van der Waals surface area contributed by atoms with E-state index in [4.69, 9.17) is 10.2 Å². The van der Waals surface area contributed by atoms with Gasteiger partial charge in [-0.2, -0.15) is 0 Å². The fourth-order valence-corrected chi connectivity index (χ4v) is 4.66. The van der Waals surface area contributed by atoms with Crippen molar-refractivity contribution in [3.8, 4) is 0 Å². The number of benzene rings is 2. The highest BCUT2D eigenvalue weighted by molar-refractivity contribution is 5.56. The maximum atomic E-state index is 9.09. The van der Waals surface area contributed by atoms with E-state index in [9.17, 15) is 0 Å². The van der Waals surface area contributed by atoms with E-state index in [0.717, 1.165) is 25.9 Å². The topological polar surface area (TPSA) is 40.5 Å². The molecule has 0 aromatic heterocycles. The molecule has 0 fully saturated rings. The summed E-state index contributed by atoms with van der Waals surface area (Å²) in [6.07, 6.45) is 12.0. The minimum atomic E-state index is -0.500. The van der Waals surface area contributed by atoms with Crippen LogP contribution in [0.25, 0.3) is 6.08 Å². The van der Waals surface area contributed by atoms with Gasteiger partial charge in [-0.3, -0.25) is 0 Å². The predicted octanol–water partition coefficient (Wildman–Crippen LogP) is 10.2. The Morgan fingerprint density at radius 2 is 1.29 bits per heavy atom. The third-order valence-electron chi connectivity index (χ3n) is 8.41. The van der Waals surface area contributed by atoms with Crippen LogP contribution in [0.2, 0.25) is 0 Å². The highest BCUT2D eigenvalue weighted by atomic mass is 16.3. The van der Waals surface area contributed by atoms with Crippen molar-refractivity contribution in [3.05, 3.63) is 75.9 Å². The molecular formula is C36H62O2. The van der Waals surface area contributed by atoms with Crippen molar-refractivity contribution in [1.82, 2.24) is 0 Å². The zero-order valence-electron chi connectivity index (χ0n) is 26.9. The second kappa shape index (κ2) is 17.6. The molecule has 2 aromatic carbocycles. The Bertz CT molecular complexity index is 949. The average molecular weight is 527 g/mol. The van der Waals surface area contributed by atoms with E-state index in [0.29, 0.717) is 5.92 Å². The summed E-state index contributed by atoms with van der Waals surface area (Å²) in [6.45, 7) is 23.6.